The summed E-state index contributed by atoms with van der Waals surface area (Å²) in [7, 11) is 0. The third-order valence-corrected chi connectivity index (χ3v) is 4.16. The first kappa shape index (κ1) is 19.0. The van der Waals surface area contributed by atoms with Crippen LogP contribution in [0.3, 0.4) is 0 Å². The van der Waals surface area contributed by atoms with Gasteiger partial charge in [0.25, 0.3) is 0 Å². The van der Waals surface area contributed by atoms with Gasteiger partial charge in [-0.2, -0.15) is 0 Å². The van der Waals surface area contributed by atoms with Crippen molar-refractivity contribution in [3.8, 4) is 5.75 Å². The number of ether oxygens (including phenoxy) is 1. The van der Waals surface area contributed by atoms with Gasteiger partial charge in [-0.15, -0.1) is 0 Å². The fourth-order valence-electron chi connectivity index (χ4n) is 2.69. The number of benzene rings is 2. The van der Waals surface area contributed by atoms with Crippen molar-refractivity contribution in [2.24, 2.45) is 5.92 Å². The molecule has 0 amide bonds. The maximum absolute atomic E-state index is 11.4. The van der Waals surface area contributed by atoms with Crippen molar-refractivity contribution in [1.29, 1.82) is 0 Å². The van der Waals surface area contributed by atoms with Crippen molar-refractivity contribution in [3.63, 3.8) is 0 Å². The van der Waals surface area contributed by atoms with Crippen LogP contribution in [0, 0.1) is 12.8 Å². The van der Waals surface area contributed by atoms with Crippen LogP contribution in [-0.4, -0.2) is 17.1 Å². The third kappa shape index (κ3) is 5.91. The van der Waals surface area contributed by atoms with Gasteiger partial charge in [0.05, 0.1) is 0 Å². The summed E-state index contributed by atoms with van der Waals surface area (Å²) in [4.78, 5) is 11.4. The zero-order chi connectivity index (χ0) is 18.2. The van der Waals surface area contributed by atoms with E-state index in [-0.39, 0.29) is 0 Å². The largest absolute Gasteiger partial charge is 0.489 e. The Balaban J connectivity index is 2.02. The van der Waals surface area contributed by atoms with E-state index < -0.39 is 12.0 Å². The highest BCUT2D eigenvalue weighted by Crippen LogP contribution is 2.20. The third-order valence-electron chi connectivity index (χ3n) is 4.16. The highest BCUT2D eigenvalue weighted by molar-refractivity contribution is 5.73. The van der Waals surface area contributed by atoms with Gasteiger partial charge >= 0.3 is 5.97 Å². The van der Waals surface area contributed by atoms with Gasteiger partial charge in [0.2, 0.25) is 0 Å². The molecular formula is C21H27NO3. The van der Waals surface area contributed by atoms with Crippen molar-refractivity contribution >= 4 is 5.97 Å². The molecule has 0 fully saturated rings. The lowest BCUT2D eigenvalue weighted by Crippen LogP contribution is -2.37. The molecule has 4 heteroatoms. The van der Waals surface area contributed by atoms with E-state index in [9.17, 15) is 9.90 Å². The molecule has 0 aliphatic carbocycles. The minimum absolute atomic E-state index is 0.321. The summed E-state index contributed by atoms with van der Waals surface area (Å²) in [5, 5.41) is 12.5. The Morgan fingerprint density at radius 1 is 1.08 bits per heavy atom. The van der Waals surface area contributed by atoms with Crippen LogP contribution in [0.2, 0.25) is 0 Å². The lowest BCUT2D eigenvalue weighted by molar-refractivity contribution is -0.140. The number of aryl methyl sites for hydroxylation is 1. The molecule has 0 saturated heterocycles. The molecule has 0 spiro atoms. The molecular weight excluding hydrogens is 314 g/mol. The van der Waals surface area contributed by atoms with Crippen LogP contribution in [0.15, 0.2) is 48.5 Å². The van der Waals surface area contributed by atoms with Gasteiger partial charge in [-0.25, -0.2) is 0 Å². The monoisotopic (exact) mass is 341 g/mol. The summed E-state index contributed by atoms with van der Waals surface area (Å²) >= 11 is 0. The van der Waals surface area contributed by atoms with Gasteiger partial charge in [0.1, 0.15) is 18.4 Å². The summed E-state index contributed by atoms with van der Waals surface area (Å²) in [5.74, 6) is 0.292. The molecule has 2 N–H and O–H groups in total. The Labute approximate surface area is 149 Å². The molecule has 2 aromatic rings. The molecule has 2 aromatic carbocycles. The van der Waals surface area contributed by atoms with Crippen molar-refractivity contribution in [1.82, 2.24) is 5.32 Å². The molecule has 0 radical (unpaired) electrons. The number of hydrogen-bond acceptors (Lipinski definition) is 3. The number of carboxylic acid groups (broad SMARTS) is 1. The SMILES string of the molecule is Cc1ccccc1COc1ccccc1CNC(CC(C)C)C(=O)O. The van der Waals surface area contributed by atoms with Crippen LogP contribution in [0.1, 0.15) is 37.0 Å². The highest BCUT2D eigenvalue weighted by atomic mass is 16.5. The molecule has 1 unspecified atom stereocenters. The van der Waals surface area contributed by atoms with Gasteiger partial charge in [-0.05, 0) is 36.5 Å². The van der Waals surface area contributed by atoms with E-state index in [1.165, 1.54) is 5.56 Å². The Bertz CT molecular complexity index is 697. The molecule has 0 heterocycles. The second-order valence-corrected chi connectivity index (χ2v) is 6.72. The van der Waals surface area contributed by atoms with E-state index in [0.29, 0.717) is 25.5 Å². The average Bonchev–Trinajstić information content (AvgIpc) is 2.58. The number of rotatable bonds is 9. The smallest absolute Gasteiger partial charge is 0.320 e. The summed E-state index contributed by atoms with van der Waals surface area (Å²) in [5.41, 5.74) is 3.31. The van der Waals surface area contributed by atoms with Gasteiger partial charge in [-0.3, -0.25) is 4.79 Å². The molecule has 0 aliphatic heterocycles. The Hall–Kier alpha value is -2.33. The maximum atomic E-state index is 11.4. The van der Waals surface area contributed by atoms with E-state index >= 15 is 0 Å². The highest BCUT2D eigenvalue weighted by Gasteiger charge is 2.18. The first-order valence-electron chi connectivity index (χ1n) is 8.68. The molecule has 2 rings (SSSR count). The predicted octanol–water partition coefficient (Wildman–Crippen LogP) is 4.16. The number of para-hydroxylation sites is 1. The molecule has 25 heavy (non-hydrogen) atoms. The summed E-state index contributed by atoms with van der Waals surface area (Å²) in [6.45, 7) is 7.08. The molecule has 0 bridgehead atoms. The lowest BCUT2D eigenvalue weighted by atomic mass is 10.0. The normalized spacial score (nSPS) is 12.2. The van der Waals surface area contributed by atoms with Crippen LogP contribution in [0.5, 0.6) is 5.75 Å². The summed E-state index contributed by atoms with van der Waals surface area (Å²) in [6.07, 6.45) is 0.599. The molecule has 0 aromatic heterocycles. The van der Waals surface area contributed by atoms with E-state index in [1.54, 1.807) is 0 Å². The first-order chi connectivity index (χ1) is 12.0. The van der Waals surface area contributed by atoms with E-state index in [4.69, 9.17) is 4.74 Å². The topological polar surface area (TPSA) is 58.6 Å². The number of aliphatic carboxylic acids is 1. The minimum atomic E-state index is -0.813. The van der Waals surface area contributed by atoms with E-state index in [1.807, 2.05) is 50.2 Å². The fourth-order valence-corrected chi connectivity index (χ4v) is 2.69. The first-order valence-corrected chi connectivity index (χ1v) is 8.68. The zero-order valence-corrected chi connectivity index (χ0v) is 15.2. The van der Waals surface area contributed by atoms with Crippen LogP contribution >= 0.6 is 0 Å². The minimum Gasteiger partial charge on any atom is -0.489 e. The van der Waals surface area contributed by atoms with Crippen molar-refractivity contribution in [3.05, 3.63) is 65.2 Å². The predicted molar refractivity (Wildman–Crippen MR) is 99.7 cm³/mol. The van der Waals surface area contributed by atoms with Crippen molar-refractivity contribution in [2.75, 3.05) is 0 Å². The number of nitrogens with one attached hydrogen (secondary N) is 1. The second kappa shape index (κ2) is 9.23. The maximum Gasteiger partial charge on any atom is 0.320 e. The van der Waals surface area contributed by atoms with Crippen molar-refractivity contribution < 1.29 is 14.6 Å². The molecule has 134 valence electrons. The average molecular weight is 341 g/mol. The number of carboxylic acids is 1. The standard InChI is InChI=1S/C21H27NO3/c1-15(2)12-19(21(23)24)22-13-17-9-6-7-11-20(17)25-14-18-10-5-4-8-16(18)3/h4-11,15,19,22H,12-14H2,1-3H3,(H,23,24). The number of carbonyl (C=O) groups is 1. The lowest BCUT2D eigenvalue weighted by Gasteiger charge is -2.18. The van der Waals surface area contributed by atoms with E-state index in [0.717, 1.165) is 16.9 Å². The molecule has 1 atom stereocenters. The van der Waals surface area contributed by atoms with Gasteiger partial charge in [-0.1, -0.05) is 56.3 Å². The quantitative estimate of drug-likeness (QED) is 0.719. The van der Waals surface area contributed by atoms with Crippen LogP contribution < -0.4 is 10.1 Å². The summed E-state index contributed by atoms with van der Waals surface area (Å²) in [6, 6.07) is 15.3. The van der Waals surface area contributed by atoms with Crippen molar-refractivity contribution in [2.45, 2.75) is 46.4 Å². The Morgan fingerprint density at radius 2 is 1.72 bits per heavy atom. The van der Waals surface area contributed by atoms with Crippen LogP contribution in [0.4, 0.5) is 0 Å². The Kier molecular flexibility index (Phi) is 7.02. The molecule has 0 saturated carbocycles. The molecule has 0 aliphatic rings. The van der Waals surface area contributed by atoms with Crippen LogP contribution in [0.25, 0.3) is 0 Å². The van der Waals surface area contributed by atoms with Gasteiger partial charge in [0, 0.05) is 12.1 Å². The van der Waals surface area contributed by atoms with Crippen LogP contribution in [-0.2, 0) is 17.9 Å². The number of hydrogen-bond donors (Lipinski definition) is 2. The second-order valence-electron chi connectivity index (χ2n) is 6.72. The van der Waals surface area contributed by atoms with Gasteiger partial charge < -0.3 is 15.2 Å². The van der Waals surface area contributed by atoms with E-state index in [2.05, 4.69) is 24.4 Å². The summed E-state index contributed by atoms with van der Waals surface area (Å²) < 4.78 is 5.99. The fraction of sp³-hybridized carbons (Fsp3) is 0.381. The van der Waals surface area contributed by atoms with Gasteiger partial charge in [0.15, 0.2) is 0 Å². The molecule has 4 nitrogen and oxygen atoms in total. The zero-order valence-electron chi connectivity index (χ0n) is 15.2. The Morgan fingerprint density at radius 3 is 2.36 bits per heavy atom.